The zero-order valence-electron chi connectivity index (χ0n) is 16.1. The number of hydrogen-bond donors (Lipinski definition) is 1. The molecule has 0 saturated carbocycles. The number of methoxy groups -OCH3 is 1. The van der Waals surface area contributed by atoms with E-state index in [9.17, 15) is 14.4 Å². The summed E-state index contributed by atoms with van der Waals surface area (Å²) in [6.07, 6.45) is 0.908. The molecule has 3 amide bonds. The maximum Gasteiger partial charge on any atom is 0.409 e. The lowest BCUT2D eigenvalue weighted by Gasteiger charge is -2.37. The Hall–Kier alpha value is -2.77. The average Bonchev–Trinajstić information content (AvgIpc) is 2.67. The molecule has 0 unspecified atom stereocenters. The number of carbonyl (C=O) groups is 3. The van der Waals surface area contributed by atoms with Crippen molar-refractivity contribution >= 4 is 23.6 Å². The number of likely N-dealkylation sites (tertiary alicyclic amines) is 1. The van der Waals surface area contributed by atoms with Crippen LogP contribution in [0.3, 0.4) is 0 Å². The molecule has 27 heavy (non-hydrogen) atoms. The minimum absolute atomic E-state index is 0.0224. The third-order valence-electron chi connectivity index (χ3n) is 4.52. The van der Waals surface area contributed by atoms with Crippen LogP contribution in [0.25, 0.3) is 0 Å². The molecule has 0 spiro atoms. The number of amides is 3. The predicted molar refractivity (Wildman–Crippen MR) is 101 cm³/mol. The van der Waals surface area contributed by atoms with Crippen molar-refractivity contribution in [2.24, 2.45) is 0 Å². The molecule has 1 heterocycles. The second-order valence-corrected chi connectivity index (χ2v) is 6.34. The van der Waals surface area contributed by atoms with Gasteiger partial charge in [0.05, 0.1) is 13.7 Å². The molecule has 8 nitrogen and oxygen atoms in total. The first-order chi connectivity index (χ1) is 12.9. The monoisotopic (exact) mass is 377 g/mol. The van der Waals surface area contributed by atoms with Crippen LogP contribution in [0.5, 0.6) is 5.75 Å². The number of hydrogen-bond acceptors (Lipinski definition) is 5. The topological polar surface area (TPSA) is 88.2 Å². The summed E-state index contributed by atoms with van der Waals surface area (Å²) in [7, 11) is 1.57. The number of anilines is 1. The third-order valence-corrected chi connectivity index (χ3v) is 4.52. The van der Waals surface area contributed by atoms with Crippen LogP contribution in [0.15, 0.2) is 24.3 Å². The molecule has 0 atom stereocenters. The Balaban J connectivity index is 1.90. The van der Waals surface area contributed by atoms with Crippen LogP contribution in [0.2, 0.25) is 0 Å². The Morgan fingerprint density at radius 1 is 1.19 bits per heavy atom. The molecule has 1 aliphatic heterocycles. The average molecular weight is 377 g/mol. The Labute approximate surface area is 159 Å². The molecule has 2 rings (SSSR count). The number of piperidine rings is 1. The minimum Gasteiger partial charge on any atom is -0.497 e. The van der Waals surface area contributed by atoms with E-state index < -0.39 is 0 Å². The highest BCUT2D eigenvalue weighted by molar-refractivity contribution is 5.94. The van der Waals surface area contributed by atoms with Gasteiger partial charge in [-0.1, -0.05) is 0 Å². The predicted octanol–water partition coefficient (Wildman–Crippen LogP) is 2.10. The lowest BCUT2D eigenvalue weighted by atomic mass is 10.0. The summed E-state index contributed by atoms with van der Waals surface area (Å²) in [4.78, 5) is 39.4. The van der Waals surface area contributed by atoms with Gasteiger partial charge in [0.15, 0.2) is 0 Å². The van der Waals surface area contributed by atoms with Crippen LogP contribution >= 0.6 is 0 Å². The molecule has 1 aliphatic rings. The largest absolute Gasteiger partial charge is 0.497 e. The Morgan fingerprint density at radius 2 is 1.81 bits per heavy atom. The zero-order valence-corrected chi connectivity index (χ0v) is 16.1. The van der Waals surface area contributed by atoms with Gasteiger partial charge < -0.3 is 24.6 Å². The highest BCUT2D eigenvalue weighted by atomic mass is 16.6. The summed E-state index contributed by atoms with van der Waals surface area (Å²) in [5, 5.41) is 2.79. The maximum atomic E-state index is 12.4. The normalized spacial score (nSPS) is 14.4. The van der Waals surface area contributed by atoms with Crippen molar-refractivity contribution in [1.29, 1.82) is 0 Å². The van der Waals surface area contributed by atoms with E-state index in [1.807, 2.05) is 0 Å². The van der Waals surface area contributed by atoms with E-state index in [4.69, 9.17) is 9.47 Å². The highest BCUT2D eigenvalue weighted by Crippen LogP contribution is 2.19. The van der Waals surface area contributed by atoms with Gasteiger partial charge in [0, 0.05) is 31.7 Å². The molecule has 1 fully saturated rings. The molecule has 8 heteroatoms. The molecule has 0 aliphatic carbocycles. The molecule has 1 saturated heterocycles. The van der Waals surface area contributed by atoms with Crippen molar-refractivity contribution in [2.75, 3.05) is 38.7 Å². The number of rotatable bonds is 6. The van der Waals surface area contributed by atoms with Gasteiger partial charge in [-0.2, -0.15) is 0 Å². The number of benzene rings is 1. The first-order valence-electron chi connectivity index (χ1n) is 9.07. The lowest BCUT2D eigenvalue weighted by Crippen LogP contribution is -2.50. The van der Waals surface area contributed by atoms with Crippen molar-refractivity contribution in [3.8, 4) is 5.75 Å². The van der Waals surface area contributed by atoms with Crippen molar-refractivity contribution in [3.05, 3.63) is 24.3 Å². The van der Waals surface area contributed by atoms with Crippen LogP contribution in [-0.4, -0.2) is 67.1 Å². The molecule has 0 radical (unpaired) electrons. The van der Waals surface area contributed by atoms with Gasteiger partial charge >= 0.3 is 6.09 Å². The van der Waals surface area contributed by atoms with Gasteiger partial charge in [-0.3, -0.25) is 9.59 Å². The van der Waals surface area contributed by atoms with E-state index in [0.717, 1.165) is 0 Å². The van der Waals surface area contributed by atoms with Crippen LogP contribution in [0.1, 0.15) is 26.7 Å². The standard InChI is InChI=1S/C19H27N3O5/c1-4-27-19(25)21-11-9-16(10-12-21)22(14(2)23)13-18(24)20-15-5-7-17(26-3)8-6-15/h5-8,16H,4,9-13H2,1-3H3,(H,20,24). The van der Waals surface area contributed by atoms with E-state index in [0.29, 0.717) is 44.0 Å². The van der Waals surface area contributed by atoms with Crippen molar-refractivity contribution < 1.29 is 23.9 Å². The molecular formula is C19H27N3O5. The first kappa shape index (κ1) is 20.5. The van der Waals surface area contributed by atoms with Crippen molar-refractivity contribution in [3.63, 3.8) is 0 Å². The summed E-state index contributed by atoms with van der Waals surface area (Å²) < 4.78 is 10.1. The van der Waals surface area contributed by atoms with Crippen LogP contribution in [0, 0.1) is 0 Å². The van der Waals surface area contributed by atoms with Gasteiger partial charge in [-0.05, 0) is 44.0 Å². The molecule has 1 N–H and O–H groups in total. The minimum atomic E-state index is -0.331. The van der Waals surface area contributed by atoms with Crippen molar-refractivity contribution in [1.82, 2.24) is 9.80 Å². The summed E-state index contributed by atoms with van der Waals surface area (Å²) >= 11 is 0. The third kappa shape index (κ3) is 5.87. The second-order valence-electron chi connectivity index (χ2n) is 6.34. The zero-order chi connectivity index (χ0) is 19.8. The first-order valence-corrected chi connectivity index (χ1v) is 9.07. The summed E-state index contributed by atoms with van der Waals surface area (Å²) in [5.74, 6) is 0.282. The van der Waals surface area contributed by atoms with E-state index >= 15 is 0 Å². The molecule has 148 valence electrons. The highest BCUT2D eigenvalue weighted by Gasteiger charge is 2.29. The smallest absolute Gasteiger partial charge is 0.409 e. The Morgan fingerprint density at radius 3 is 2.33 bits per heavy atom. The SMILES string of the molecule is CCOC(=O)N1CCC(N(CC(=O)Nc2ccc(OC)cc2)C(C)=O)CC1. The fourth-order valence-corrected chi connectivity index (χ4v) is 3.10. The number of nitrogens with one attached hydrogen (secondary N) is 1. The van der Waals surface area contributed by atoms with Gasteiger partial charge in [0.2, 0.25) is 11.8 Å². The maximum absolute atomic E-state index is 12.4. The summed E-state index contributed by atoms with van der Waals surface area (Å²) in [5.41, 5.74) is 0.640. The molecule has 0 aromatic heterocycles. The fourth-order valence-electron chi connectivity index (χ4n) is 3.10. The molecule has 1 aromatic carbocycles. The quantitative estimate of drug-likeness (QED) is 0.820. The van der Waals surface area contributed by atoms with Gasteiger partial charge in [0.1, 0.15) is 12.3 Å². The van der Waals surface area contributed by atoms with Gasteiger partial charge in [-0.25, -0.2) is 4.79 Å². The Kier molecular flexibility index (Phi) is 7.45. The lowest BCUT2D eigenvalue weighted by molar-refractivity contribution is -0.136. The summed E-state index contributed by atoms with van der Waals surface area (Å²) in [6, 6.07) is 6.92. The fraction of sp³-hybridized carbons (Fsp3) is 0.526. The van der Waals surface area contributed by atoms with Crippen LogP contribution in [0.4, 0.5) is 10.5 Å². The molecule has 0 bridgehead atoms. The second kappa shape index (κ2) is 9.80. The number of ether oxygens (including phenoxy) is 2. The number of carbonyl (C=O) groups excluding carboxylic acids is 3. The molecular weight excluding hydrogens is 350 g/mol. The van der Waals surface area contributed by atoms with Crippen molar-refractivity contribution in [2.45, 2.75) is 32.7 Å². The van der Waals surface area contributed by atoms with E-state index in [-0.39, 0.29) is 30.5 Å². The van der Waals surface area contributed by atoms with E-state index in [2.05, 4.69) is 5.32 Å². The van der Waals surface area contributed by atoms with Gasteiger partial charge in [0.25, 0.3) is 0 Å². The molecule has 1 aromatic rings. The van der Waals surface area contributed by atoms with Crippen LogP contribution < -0.4 is 10.1 Å². The summed E-state index contributed by atoms with van der Waals surface area (Å²) in [6.45, 7) is 4.55. The van der Waals surface area contributed by atoms with E-state index in [1.165, 1.54) is 6.92 Å². The van der Waals surface area contributed by atoms with Crippen LogP contribution in [-0.2, 0) is 14.3 Å². The van der Waals surface area contributed by atoms with Gasteiger partial charge in [-0.15, -0.1) is 0 Å². The number of nitrogens with zero attached hydrogens (tertiary/aromatic N) is 2. The Bertz CT molecular complexity index is 654. The van der Waals surface area contributed by atoms with E-state index in [1.54, 1.807) is 48.1 Å².